The maximum Gasteiger partial charge on any atom is 0.309 e. The molecule has 0 radical (unpaired) electrons. The Balaban J connectivity index is 2.86. The fraction of sp³-hybridized carbons (Fsp3) is 0.214. The Labute approximate surface area is 108 Å². The lowest BCUT2D eigenvalue weighted by atomic mass is 10.1. The molecule has 0 aliphatic carbocycles. The minimum atomic E-state index is -3.55. The van der Waals surface area contributed by atoms with E-state index in [1.807, 2.05) is 0 Å². The number of aliphatic hydroxyl groups excluding tert-OH is 1. The molecule has 102 valence electrons. The molecule has 0 spiro atoms. The molecule has 0 aromatic heterocycles. The summed E-state index contributed by atoms with van der Waals surface area (Å²) in [6.07, 6.45) is 1.06. The van der Waals surface area contributed by atoms with Crippen LogP contribution in [0.3, 0.4) is 0 Å². The summed E-state index contributed by atoms with van der Waals surface area (Å²) in [7, 11) is 0. The molecular weight excluding hydrogens is 257 g/mol. The molecule has 0 saturated heterocycles. The number of allylic oxidation sites excluding steroid dienone is 2. The zero-order valence-corrected chi connectivity index (χ0v) is 10.1. The quantitative estimate of drug-likeness (QED) is 0.483. The molecule has 0 fully saturated rings. The second kappa shape index (κ2) is 6.22. The zero-order valence-electron chi connectivity index (χ0n) is 10.1. The number of hydrogen-bond donors (Lipinski definition) is 1. The largest absolute Gasteiger partial charge is 0.507 e. The van der Waals surface area contributed by atoms with E-state index in [1.165, 1.54) is 18.2 Å². The zero-order chi connectivity index (χ0) is 14.5. The Kier molecular flexibility index (Phi) is 4.92. The molecule has 19 heavy (non-hydrogen) atoms. The summed E-state index contributed by atoms with van der Waals surface area (Å²) in [6, 6.07) is 4.49. The van der Waals surface area contributed by atoms with Gasteiger partial charge in [0.2, 0.25) is 5.78 Å². The highest BCUT2D eigenvalue weighted by Gasteiger charge is 2.36. The van der Waals surface area contributed by atoms with Crippen LogP contribution in [0, 0.1) is 5.82 Å². The predicted octanol–water partition coefficient (Wildman–Crippen LogP) is 3.90. The van der Waals surface area contributed by atoms with Crippen molar-refractivity contribution in [2.45, 2.75) is 18.8 Å². The first-order valence-electron chi connectivity index (χ1n) is 5.56. The number of ketones is 1. The van der Waals surface area contributed by atoms with Crippen LogP contribution < -0.4 is 0 Å². The predicted molar refractivity (Wildman–Crippen MR) is 66.4 cm³/mol. The van der Waals surface area contributed by atoms with Gasteiger partial charge in [-0.05, 0) is 30.7 Å². The van der Waals surface area contributed by atoms with Gasteiger partial charge >= 0.3 is 5.92 Å². The fourth-order valence-electron chi connectivity index (χ4n) is 1.34. The van der Waals surface area contributed by atoms with Crippen molar-refractivity contribution in [3.05, 3.63) is 54.4 Å². The molecule has 0 aliphatic heterocycles. The highest BCUT2D eigenvalue weighted by atomic mass is 19.3. The molecule has 2 nitrogen and oxygen atoms in total. The van der Waals surface area contributed by atoms with Crippen LogP contribution in [-0.4, -0.2) is 16.8 Å². The molecule has 0 bridgehead atoms. The van der Waals surface area contributed by atoms with Gasteiger partial charge in [-0.25, -0.2) is 4.39 Å². The highest BCUT2D eigenvalue weighted by Crippen LogP contribution is 2.24. The first-order chi connectivity index (χ1) is 8.86. The van der Waals surface area contributed by atoms with Crippen molar-refractivity contribution < 1.29 is 23.1 Å². The summed E-state index contributed by atoms with van der Waals surface area (Å²) in [5.41, 5.74) is 0.0919. The molecule has 0 amide bonds. The second-order valence-corrected chi connectivity index (χ2v) is 3.93. The number of carbonyl (C=O) groups excluding carboxylic acids is 1. The van der Waals surface area contributed by atoms with Crippen molar-refractivity contribution >= 4 is 11.5 Å². The number of carbonyl (C=O) groups is 1. The standard InChI is InChI=1S/C14H13F3O2/c1-2-3-8-14(16,17)13(19)9-12(18)10-4-6-11(15)7-5-10/h2,4-7,9,18H,1,3,8H2/b12-9-. The Morgan fingerprint density at radius 1 is 1.32 bits per heavy atom. The second-order valence-electron chi connectivity index (χ2n) is 3.93. The van der Waals surface area contributed by atoms with Crippen molar-refractivity contribution in [1.29, 1.82) is 0 Å². The third-order valence-corrected chi connectivity index (χ3v) is 2.43. The van der Waals surface area contributed by atoms with Crippen molar-refractivity contribution in [3.8, 4) is 0 Å². The van der Waals surface area contributed by atoms with E-state index in [2.05, 4.69) is 6.58 Å². The van der Waals surface area contributed by atoms with E-state index >= 15 is 0 Å². The van der Waals surface area contributed by atoms with Gasteiger partial charge in [-0.15, -0.1) is 6.58 Å². The van der Waals surface area contributed by atoms with E-state index in [4.69, 9.17) is 0 Å². The summed E-state index contributed by atoms with van der Waals surface area (Å²) >= 11 is 0. The summed E-state index contributed by atoms with van der Waals surface area (Å²) in [5.74, 6) is -6.19. The van der Waals surface area contributed by atoms with E-state index in [-0.39, 0.29) is 12.0 Å². The summed E-state index contributed by atoms with van der Waals surface area (Å²) in [4.78, 5) is 11.3. The molecule has 0 unspecified atom stereocenters. The molecule has 0 atom stereocenters. The Morgan fingerprint density at radius 2 is 1.89 bits per heavy atom. The molecule has 1 aromatic carbocycles. The average molecular weight is 270 g/mol. The molecule has 0 aliphatic rings. The number of alkyl halides is 2. The molecule has 5 heteroatoms. The van der Waals surface area contributed by atoms with Crippen molar-refractivity contribution in [2.24, 2.45) is 0 Å². The van der Waals surface area contributed by atoms with E-state index in [1.54, 1.807) is 0 Å². The topological polar surface area (TPSA) is 37.3 Å². The van der Waals surface area contributed by atoms with Crippen LogP contribution in [0.5, 0.6) is 0 Å². The van der Waals surface area contributed by atoms with Gasteiger partial charge in [-0.2, -0.15) is 8.78 Å². The number of benzene rings is 1. The monoisotopic (exact) mass is 270 g/mol. The maximum atomic E-state index is 13.3. The lowest BCUT2D eigenvalue weighted by Gasteiger charge is -2.11. The number of hydrogen-bond acceptors (Lipinski definition) is 2. The van der Waals surface area contributed by atoms with Gasteiger partial charge < -0.3 is 5.11 Å². The first kappa shape index (κ1) is 15.0. The lowest BCUT2D eigenvalue weighted by Crippen LogP contribution is -2.26. The van der Waals surface area contributed by atoms with Gasteiger partial charge in [-0.1, -0.05) is 6.08 Å². The van der Waals surface area contributed by atoms with Crippen LogP contribution in [0.25, 0.3) is 5.76 Å². The van der Waals surface area contributed by atoms with E-state index in [0.717, 1.165) is 12.1 Å². The molecule has 0 saturated carbocycles. The van der Waals surface area contributed by atoms with Crippen LogP contribution in [0.4, 0.5) is 13.2 Å². The van der Waals surface area contributed by atoms with Crippen LogP contribution in [0.1, 0.15) is 18.4 Å². The van der Waals surface area contributed by atoms with Crippen molar-refractivity contribution in [3.63, 3.8) is 0 Å². The third-order valence-electron chi connectivity index (χ3n) is 2.43. The SMILES string of the molecule is C=CCCC(F)(F)C(=O)/C=C(\O)c1ccc(F)cc1. The Bertz CT molecular complexity index is 490. The lowest BCUT2D eigenvalue weighted by molar-refractivity contribution is -0.138. The third kappa shape index (κ3) is 4.28. The van der Waals surface area contributed by atoms with Crippen LogP contribution >= 0.6 is 0 Å². The molecule has 1 rings (SSSR count). The molecule has 1 aromatic rings. The first-order valence-corrected chi connectivity index (χ1v) is 5.56. The van der Waals surface area contributed by atoms with Crippen LogP contribution in [0.15, 0.2) is 43.0 Å². The minimum absolute atomic E-state index is 0.0100. The van der Waals surface area contributed by atoms with Gasteiger partial charge in [0.05, 0.1) is 0 Å². The van der Waals surface area contributed by atoms with Crippen molar-refractivity contribution in [1.82, 2.24) is 0 Å². The number of rotatable bonds is 6. The number of halogens is 3. The molecular formula is C14H13F3O2. The van der Waals surface area contributed by atoms with Gasteiger partial charge in [-0.3, -0.25) is 4.79 Å². The van der Waals surface area contributed by atoms with Gasteiger partial charge in [0, 0.05) is 18.1 Å². The van der Waals surface area contributed by atoms with Crippen LogP contribution in [0.2, 0.25) is 0 Å². The Morgan fingerprint density at radius 3 is 2.42 bits per heavy atom. The van der Waals surface area contributed by atoms with Crippen LogP contribution in [-0.2, 0) is 4.79 Å². The summed E-state index contributed by atoms with van der Waals surface area (Å²) < 4.78 is 39.3. The van der Waals surface area contributed by atoms with Gasteiger partial charge in [0.15, 0.2) is 0 Å². The van der Waals surface area contributed by atoms with E-state index in [9.17, 15) is 23.1 Å². The maximum absolute atomic E-state index is 13.3. The normalized spacial score (nSPS) is 12.3. The fourth-order valence-corrected chi connectivity index (χ4v) is 1.34. The van der Waals surface area contributed by atoms with Gasteiger partial charge in [0.25, 0.3) is 0 Å². The minimum Gasteiger partial charge on any atom is -0.507 e. The summed E-state index contributed by atoms with van der Waals surface area (Å²) in [6.45, 7) is 3.29. The van der Waals surface area contributed by atoms with E-state index in [0.29, 0.717) is 6.08 Å². The van der Waals surface area contributed by atoms with Gasteiger partial charge in [0.1, 0.15) is 11.6 Å². The highest BCUT2D eigenvalue weighted by molar-refractivity contribution is 6.00. The summed E-state index contributed by atoms with van der Waals surface area (Å²) in [5, 5.41) is 9.53. The van der Waals surface area contributed by atoms with E-state index < -0.39 is 29.7 Å². The molecule has 0 heterocycles. The average Bonchev–Trinajstić information content (AvgIpc) is 2.37. The smallest absolute Gasteiger partial charge is 0.309 e. The number of aliphatic hydroxyl groups is 1. The van der Waals surface area contributed by atoms with Crippen molar-refractivity contribution in [2.75, 3.05) is 0 Å². The molecule has 1 N–H and O–H groups in total. The Hall–Kier alpha value is -2.04.